The third kappa shape index (κ3) is 2.60. The number of hydrogen-bond donors (Lipinski definition) is 1. The smallest absolute Gasteiger partial charge is 0.237 e. The first-order valence-electron chi connectivity index (χ1n) is 6.66. The molecule has 0 saturated heterocycles. The fourth-order valence-corrected chi connectivity index (χ4v) is 4.43. The Labute approximate surface area is 128 Å². The van der Waals surface area contributed by atoms with E-state index in [-0.39, 0.29) is 11.8 Å². The number of sulfonamides is 1. The fourth-order valence-electron chi connectivity index (χ4n) is 2.36. The highest BCUT2D eigenvalue weighted by atomic mass is 32.2. The molecule has 21 heavy (non-hydrogen) atoms. The average Bonchev–Trinajstić information content (AvgIpc) is 2.92. The molecule has 0 radical (unpaired) electrons. The summed E-state index contributed by atoms with van der Waals surface area (Å²) in [5, 5.41) is 3.87. The molecular formula is C13H16N4O2S2. The Morgan fingerprint density at radius 3 is 2.90 bits per heavy atom. The number of benzene rings is 1. The van der Waals surface area contributed by atoms with Gasteiger partial charge in [0.25, 0.3) is 0 Å². The predicted molar refractivity (Wildman–Crippen MR) is 84.3 cm³/mol. The molecule has 1 aromatic carbocycles. The van der Waals surface area contributed by atoms with Gasteiger partial charge in [0, 0.05) is 25.0 Å². The molecule has 0 amide bonds. The van der Waals surface area contributed by atoms with Crippen molar-refractivity contribution in [2.24, 2.45) is 0 Å². The van der Waals surface area contributed by atoms with E-state index in [1.165, 1.54) is 15.8 Å². The van der Waals surface area contributed by atoms with Crippen LogP contribution in [0.15, 0.2) is 24.3 Å². The quantitative estimate of drug-likeness (QED) is 0.935. The fraction of sp³-hybridized carbons (Fsp3) is 0.385. The van der Waals surface area contributed by atoms with Crippen molar-refractivity contribution in [2.45, 2.75) is 19.4 Å². The van der Waals surface area contributed by atoms with E-state index < -0.39 is 10.0 Å². The second-order valence-corrected chi connectivity index (χ2v) is 7.67. The Kier molecular flexibility index (Phi) is 3.58. The summed E-state index contributed by atoms with van der Waals surface area (Å²) in [5.74, 6) is 0.785. The van der Waals surface area contributed by atoms with Gasteiger partial charge in [0.05, 0.1) is 17.5 Å². The molecule has 1 aliphatic rings. The summed E-state index contributed by atoms with van der Waals surface area (Å²) in [7, 11) is -1.73. The Balaban J connectivity index is 1.97. The van der Waals surface area contributed by atoms with Crippen LogP contribution in [0.1, 0.15) is 24.4 Å². The van der Waals surface area contributed by atoms with Gasteiger partial charge in [-0.05, 0) is 11.6 Å². The maximum Gasteiger partial charge on any atom is 0.237 e. The van der Waals surface area contributed by atoms with E-state index in [0.717, 1.165) is 17.8 Å². The van der Waals surface area contributed by atoms with Gasteiger partial charge in [-0.1, -0.05) is 25.1 Å². The number of hydrogen-bond acceptors (Lipinski definition) is 6. The van der Waals surface area contributed by atoms with Crippen LogP contribution in [-0.2, 0) is 16.4 Å². The Morgan fingerprint density at radius 1 is 1.43 bits per heavy atom. The van der Waals surface area contributed by atoms with Gasteiger partial charge in [-0.25, -0.2) is 13.4 Å². The van der Waals surface area contributed by atoms with Crippen LogP contribution in [0.25, 0.3) is 0 Å². The minimum Gasteiger partial charge on any atom is -0.352 e. The maximum atomic E-state index is 12.3. The van der Waals surface area contributed by atoms with Gasteiger partial charge in [0.1, 0.15) is 5.82 Å². The number of aromatic nitrogens is 2. The Morgan fingerprint density at radius 2 is 2.19 bits per heavy atom. The summed E-state index contributed by atoms with van der Waals surface area (Å²) in [5.41, 5.74) is 1.67. The van der Waals surface area contributed by atoms with Gasteiger partial charge in [-0.15, -0.1) is 0 Å². The van der Waals surface area contributed by atoms with E-state index in [2.05, 4.69) is 14.7 Å². The molecule has 1 aliphatic heterocycles. The molecule has 1 aromatic heterocycles. The zero-order chi connectivity index (χ0) is 15.0. The van der Waals surface area contributed by atoms with Crippen LogP contribution in [0, 0.1) is 0 Å². The Bertz CT molecular complexity index is 757. The largest absolute Gasteiger partial charge is 0.352 e. The summed E-state index contributed by atoms with van der Waals surface area (Å²) in [4.78, 5) is 4.35. The van der Waals surface area contributed by atoms with Crippen molar-refractivity contribution in [1.82, 2.24) is 9.36 Å². The van der Waals surface area contributed by atoms with E-state index in [1.54, 1.807) is 7.05 Å². The predicted octanol–water partition coefficient (Wildman–Crippen LogP) is 2.03. The van der Waals surface area contributed by atoms with Gasteiger partial charge < -0.3 is 5.32 Å². The van der Waals surface area contributed by atoms with Crippen molar-refractivity contribution in [2.75, 3.05) is 22.4 Å². The lowest BCUT2D eigenvalue weighted by Gasteiger charge is -2.32. The van der Waals surface area contributed by atoms with Crippen molar-refractivity contribution in [3.8, 4) is 0 Å². The van der Waals surface area contributed by atoms with Gasteiger partial charge in [-0.3, -0.25) is 4.31 Å². The molecule has 0 fully saturated rings. The molecule has 112 valence electrons. The first-order valence-corrected chi connectivity index (χ1v) is 9.04. The first kappa shape index (κ1) is 14.3. The third-order valence-corrected chi connectivity index (χ3v) is 6.00. The lowest BCUT2D eigenvalue weighted by atomic mass is 10.1. The number of anilines is 2. The van der Waals surface area contributed by atoms with Crippen LogP contribution in [0.5, 0.6) is 0 Å². The molecule has 2 heterocycles. The highest BCUT2D eigenvalue weighted by Crippen LogP contribution is 2.36. The lowest BCUT2D eigenvalue weighted by Crippen LogP contribution is -2.38. The highest BCUT2D eigenvalue weighted by Gasteiger charge is 2.33. The normalized spacial score (nSPS) is 20.1. The second-order valence-electron chi connectivity index (χ2n) is 4.87. The number of nitrogens with one attached hydrogen (secondary N) is 1. The second kappa shape index (κ2) is 5.27. The number of nitrogens with zero attached hydrogens (tertiary/aromatic N) is 3. The number of rotatable bonds is 3. The number of para-hydroxylation sites is 1. The summed E-state index contributed by atoms with van der Waals surface area (Å²) in [6.45, 7) is 1.99. The van der Waals surface area contributed by atoms with Crippen molar-refractivity contribution in [3.63, 3.8) is 0 Å². The minimum atomic E-state index is -3.32. The standard InChI is InChI=1S/C13H16N4O2S2/c1-3-12-15-13(20-16-12)14-10-8-21(18,19)17(2)11-7-5-4-6-9(10)11/h4-7,10H,3,8H2,1-2H3,(H,14,15,16). The SMILES string of the molecule is CCc1nsc(NC2CS(=O)(=O)N(C)c3ccccc32)n1. The monoisotopic (exact) mass is 324 g/mol. The van der Waals surface area contributed by atoms with Gasteiger partial charge in [-0.2, -0.15) is 4.37 Å². The van der Waals surface area contributed by atoms with Crippen molar-refractivity contribution < 1.29 is 8.42 Å². The molecule has 1 atom stereocenters. The lowest BCUT2D eigenvalue weighted by molar-refractivity contribution is 0.586. The zero-order valence-electron chi connectivity index (χ0n) is 11.8. The van der Waals surface area contributed by atoms with Gasteiger partial charge >= 0.3 is 0 Å². The molecule has 0 aliphatic carbocycles. The van der Waals surface area contributed by atoms with Crippen LogP contribution < -0.4 is 9.62 Å². The summed E-state index contributed by atoms with van der Waals surface area (Å²) in [6.07, 6.45) is 0.764. The molecule has 2 aromatic rings. The molecule has 6 nitrogen and oxygen atoms in total. The number of aryl methyl sites for hydroxylation is 1. The van der Waals surface area contributed by atoms with Crippen LogP contribution in [0.2, 0.25) is 0 Å². The van der Waals surface area contributed by atoms with E-state index in [4.69, 9.17) is 0 Å². The van der Waals surface area contributed by atoms with Crippen LogP contribution in [-0.4, -0.2) is 30.6 Å². The number of fused-ring (bicyclic) bond motifs is 1. The average molecular weight is 324 g/mol. The summed E-state index contributed by atoms with van der Waals surface area (Å²) in [6, 6.07) is 7.21. The van der Waals surface area contributed by atoms with Crippen molar-refractivity contribution in [1.29, 1.82) is 0 Å². The van der Waals surface area contributed by atoms with E-state index >= 15 is 0 Å². The summed E-state index contributed by atoms with van der Waals surface area (Å²) >= 11 is 1.26. The van der Waals surface area contributed by atoms with Crippen molar-refractivity contribution >= 4 is 32.4 Å². The molecule has 0 spiro atoms. The van der Waals surface area contributed by atoms with Crippen molar-refractivity contribution in [3.05, 3.63) is 35.7 Å². The molecule has 1 N–H and O–H groups in total. The molecule has 1 unspecified atom stereocenters. The topological polar surface area (TPSA) is 75.2 Å². The molecule has 8 heteroatoms. The summed E-state index contributed by atoms with van der Waals surface area (Å²) < 4.78 is 30.1. The van der Waals surface area contributed by atoms with Gasteiger partial charge in [0.2, 0.25) is 15.2 Å². The van der Waals surface area contributed by atoms with E-state index in [0.29, 0.717) is 10.8 Å². The van der Waals surface area contributed by atoms with Crippen LogP contribution >= 0.6 is 11.5 Å². The van der Waals surface area contributed by atoms with Crippen LogP contribution in [0.4, 0.5) is 10.8 Å². The highest BCUT2D eigenvalue weighted by molar-refractivity contribution is 7.92. The van der Waals surface area contributed by atoms with E-state index in [9.17, 15) is 8.42 Å². The third-order valence-electron chi connectivity index (χ3n) is 3.53. The minimum absolute atomic E-state index is 0.0154. The van der Waals surface area contributed by atoms with E-state index in [1.807, 2.05) is 31.2 Å². The van der Waals surface area contributed by atoms with Crippen LogP contribution in [0.3, 0.4) is 0 Å². The maximum absolute atomic E-state index is 12.3. The molecular weight excluding hydrogens is 308 g/mol. The zero-order valence-corrected chi connectivity index (χ0v) is 13.4. The molecule has 0 bridgehead atoms. The molecule has 3 rings (SSSR count). The Hall–Kier alpha value is -1.67. The molecule has 0 saturated carbocycles. The van der Waals surface area contributed by atoms with Gasteiger partial charge in [0.15, 0.2) is 0 Å². The first-order chi connectivity index (χ1) is 10.0.